The number of aromatic nitrogens is 1. The molecule has 1 fully saturated rings. The maximum Gasteiger partial charge on any atom is 0.417 e. The molecule has 1 aliphatic carbocycles. The summed E-state index contributed by atoms with van der Waals surface area (Å²) in [7, 11) is -3.81. The molecule has 0 radical (unpaired) electrons. The third-order valence-corrected chi connectivity index (χ3v) is 7.48. The second-order valence-electron chi connectivity index (χ2n) is 8.57. The molecule has 1 aliphatic rings. The molecular formula is C26H20F3N3O3S. The van der Waals surface area contributed by atoms with Crippen LogP contribution in [0.25, 0.3) is 10.8 Å². The number of amides is 1. The zero-order valence-corrected chi connectivity index (χ0v) is 19.5. The summed E-state index contributed by atoms with van der Waals surface area (Å²) < 4.78 is 67.6. The van der Waals surface area contributed by atoms with Gasteiger partial charge in [0.1, 0.15) is 5.82 Å². The molecule has 5 rings (SSSR count). The molecule has 0 saturated heterocycles. The van der Waals surface area contributed by atoms with Gasteiger partial charge in [-0.3, -0.25) is 9.52 Å². The summed E-state index contributed by atoms with van der Waals surface area (Å²) in [6, 6.07) is 19.6. The van der Waals surface area contributed by atoms with Crippen LogP contribution < -0.4 is 10.0 Å². The number of halogens is 3. The fraction of sp³-hybridized carbons (Fsp3) is 0.154. The van der Waals surface area contributed by atoms with Crippen LogP contribution in [-0.4, -0.2) is 19.3 Å². The number of rotatable bonds is 6. The lowest BCUT2D eigenvalue weighted by Gasteiger charge is -2.12. The van der Waals surface area contributed by atoms with E-state index in [1.807, 2.05) is 0 Å². The van der Waals surface area contributed by atoms with Gasteiger partial charge in [-0.15, -0.1) is 0 Å². The monoisotopic (exact) mass is 511 g/mol. The van der Waals surface area contributed by atoms with Crippen LogP contribution in [0.15, 0.2) is 90.0 Å². The van der Waals surface area contributed by atoms with Crippen molar-refractivity contribution in [2.24, 2.45) is 5.92 Å². The lowest BCUT2D eigenvalue weighted by molar-refractivity contribution is -0.136. The minimum Gasteiger partial charge on any atom is -0.326 e. The number of carbonyl (C=O) groups is 1. The summed E-state index contributed by atoms with van der Waals surface area (Å²) in [5.74, 6) is -0.543. The molecule has 1 saturated carbocycles. The molecule has 1 heterocycles. The normalized spacial score (nSPS) is 17.5. The third-order valence-electron chi connectivity index (χ3n) is 6.10. The number of hydrogen-bond acceptors (Lipinski definition) is 4. The third kappa shape index (κ3) is 4.90. The van der Waals surface area contributed by atoms with Gasteiger partial charge in [-0.05, 0) is 71.1 Å². The Morgan fingerprint density at radius 2 is 1.72 bits per heavy atom. The van der Waals surface area contributed by atoms with Crippen molar-refractivity contribution < 1.29 is 26.4 Å². The number of hydrogen-bond donors (Lipinski definition) is 2. The summed E-state index contributed by atoms with van der Waals surface area (Å²) in [6.45, 7) is 0. The van der Waals surface area contributed by atoms with Gasteiger partial charge in [0.15, 0.2) is 0 Å². The van der Waals surface area contributed by atoms with Crippen LogP contribution in [-0.2, 0) is 21.0 Å². The van der Waals surface area contributed by atoms with E-state index in [0.717, 1.165) is 11.6 Å². The van der Waals surface area contributed by atoms with E-state index in [1.54, 1.807) is 48.5 Å². The average Bonchev–Trinajstić information content (AvgIpc) is 3.65. The maximum absolute atomic E-state index is 13.4. The molecule has 184 valence electrons. The fourth-order valence-corrected chi connectivity index (χ4v) is 5.21. The molecule has 0 spiro atoms. The zero-order chi connectivity index (χ0) is 25.5. The minimum atomic E-state index is -4.50. The first kappa shape index (κ1) is 23.8. The fourth-order valence-electron chi connectivity index (χ4n) is 4.20. The summed E-state index contributed by atoms with van der Waals surface area (Å²) in [5.41, 5.74) is 0.342. The van der Waals surface area contributed by atoms with E-state index in [4.69, 9.17) is 0 Å². The number of pyridine rings is 1. The Kier molecular flexibility index (Phi) is 5.91. The summed E-state index contributed by atoms with van der Waals surface area (Å²) >= 11 is 0. The molecule has 2 atom stereocenters. The van der Waals surface area contributed by atoms with E-state index in [0.29, 0.717) is 11.8 Å². The number of sulfonamides is 1. The summed E-state index contributed by atoms with van der Waals surface area (Å²) in [4.78, 5) is 16.8. The van der Waals surface area contributed by atoms with E-state index < -0.39 is 21.8 Å². The Morgan fingerprint density at radius 1 is 0.944 bits per heavy atom. The predicted molar refractivity (Wildman–Crippen MR) is 130 cm³/mol. The molecule has 3 aromatic carbocycles. The van der Waals surface area contributed by atoms with Crippen molar-refractivity contribution in [1.82, 2.24) is 4.98 Å². The molecule has 1 amide bonds. The standard InChI is InChI=1S/C26H20F3N3O3S/c27-26(28,29)23-5-3-4-16-7-10-18(14-21(16)23)31-25(33)22-15-20(22)17-8-11-19(12-9-17)36(34,35)32-24-6-1-2-13-30-24/h1-14,20,22H,15H2,(H,30,32)(H,31,33)/t20?,22-/m1/s1. The van der Waals surface area contributed by atoms with Crippen LogP contribution in [0.4, 0.5) is 24.7 Å². The van der Waals surface area contributed by atoms with Gasteiger partial charge in [-0.2, -0.15) is 13.2 Å². The molecule has 36 heavy (non-hydrogen) atoms. The van der Waals surface area contributed by atoms with Crippen LogP contribution in [0, 0.1) is 5.92 Å². The van der Waals surface area contributed by atoms with Crippen molar-refractivity contribution in [3.63, 3.8) is 0 Å². The van der Waals surface area contributed by atoms with Crippen molar-refractivity contribution in [3.05, 3.63) is 96.2 Å². The quantitative estimate of drug-likeness (QED) is 0.343. The van der Waals surface area contributed by atoms with E-state index in [9.17, 15) is 26.4 Å². The summed E-state index contributed by atoms with van der Waals surface area (Å²) in [6.07, 6.45) is -2.46. The molecule has 10 heteroatoms. The first-order chi connectivity index (χ1) is 17.1. The van der Waals surface area contributed by atoms with Gasteiger partial charge in [-0.25, -0.2) is 13.4 Å². The van der Waals surface area contributed by atoms with Crippen molar-refractivity contribution in [3.8, 4) is 0 Å². The SMILES string of the molecule is O=C(Nc1ccc2cccc(C(F)(F)F)c2c1)[C@@H]1CC1c1ccc(S(=O)(=O)Nc2ccccn2)cc1. The van der Waals surface area contributed by atoms with E-state index in [1.165, 1.54) is 30.5 Å². The Labute approximate surface area is 205 Å². The second-order valence-corrected chi connectivity index (χ2v) is 10.2. The molecule has 2 N–H and O–H groups in total. The van der Waals surface area contributed by atoms with Crippen LogP contribution in [0.1, 0.15) is 23.5 Å². The Balaban J connectivity index is 1.27. The smallest absolute Gasteiger partial charge is 0.326 e. The van der Waals surface area contributed by atoms with Gasteiger partial charge >= 0.3 is 6.18 Å². The van der Waals surface area contributed by atoms with Crippen LogP contribution in [0.3, 0.4) is 0 Å². The van der Waals surface area contributed by atoms with Gasteiger partial charge in [0.05, 0.1) is 10.5 Å². The zero-order valence-electron chi connectivity index (χ0n) is 18.7. The second kappa shape index (κ2) is 8.94. The van der Waals surface area contributed by atoms with Crippen LogP contribution in [0.2, 0.25) is 0 Å². The minimum absolute atomic E-state index is 0.0197. The molecular weight excluding hydrogens is 491 g/mol. The molecule has 4 aromatic rings. The molecule has 1 unspecified atom stereocenters. The highest BCUT2D eigenvalue weighted by Crippen LogP contribution is 2.48. The first-order valence-electron chi connectivity index (χ1n) is 11.1. The number of benzene rings is 3. The highest BCUT2D eigenvalue weighted by atomic mass is 32.2. The molecule has 1 aromatic heterocycles. The average molecular weight is 512 g/mol. The van der Waals surface area contributed by atoms with E-state index in [-0.39, 0.29) is 39.5 Å². The van der Waals surface area contributed by atoms with Crippen molar-refractivity contribution in [2.75, 3.05) is 10.0 Å². The number of nitrogens with zero attached hydrogens (tertiary/aromatic N) is 1. The van der Waals surface area contributed by atoms with Crippen molar-refractivity contribution in [2.45, 2.75) is 23.4 Å². The largest absolute Gasteiger partial charge is 0.417 e. The molecule has 6 nitrogen and oxygen atoms in total. The lowest BCUT2D eigenvalue weighted by atomic mass is 10.0. The van der Waals surface area contributed by atoms with Gasteiger partial charge in [0.2, 0.25) is 5.91 Å². The highest BCUT2D eigenvalue weighted by molar-refractivity contribution is 7.92. The summed E-state index contributed by atoms with van der Waals surface area (Å²) in [5, 5.41) is 3.17. The number of fused-ring (bicyclic) bond motifs is 1. The maximum atomic E-state index is 13.4. The Hall–Kier alpha value is -3.92. The van der Waals surface area contributed by atoms with Gasteiger partial charge in [0, 0.05) is 17.8 Å². The Bertz CT molecular complexity index is 1540. The molecule has 0 bridgehead atoms. The number of anilines is 2. The van der Waals surface area contributed by atoms with Gasteiger partial charge in [0.25, 0.3) is 10.0 Å². The van der Waals surface area contributed by atoms with Gasteiger partial charge in [-0.1, -0.05) is 36.4 Å². The predicted octanol–water partition coefficient (Wildman–Crippen LogP) is 5.80. The van der Waals surface area contributed by atoms with Crippen LogP contribution >= 0.6 is 0 Å². The molecule has 0 aliphatic heterocycles. The number of carbonyl (C=O) groups excluding carboxylic acids is 1. The number of alkyl halides is 3. The van der Waals surface area contributed by atoms with E-state index in [2.05, 4.69) is 15.0 Å². The first-order valence-corrected chi connectivity index (χ1v) is 12.5. The lowest BCUT2D eigenvalue weighted by Crippen LogP contribution is -2.15. The van der Waals surface area contributed by atoms with Crippen molar-refractivity contribution >= 4 is 38.2 Å². The van der Waals surface area contributed by atoms with Crippen molar-refractivity contribution in [1.29, 1.82) is 0 Å². The van der Waals surface area contributed by atoms with Gasteiger partial charge < -0.3 is 5.32 Å². The topological polar surface area (TPSA) is 88.2 Å². The Morgan fingerprint density at radius 3 is 2.42 bits per heavy atom. The van der Waals surface area contributed by atoms with E-state index >= 15 is 0 Å². The number of nitrogens with one attached hydrogen (secondary N) is 2. The highest BCUT2D eigenvalue weighted by Gasteiger charge is 2.44. The van der Waals surface area contributed by atoms with Crippen LogP contribution in [0.5, 0.6) is 0 Å².